The average molecular weight is 260 g/mol. The number of H-pyrrole nitrogens is 1. The van der Waals surface area contributed by atoms with Gasteiger partial charge >= 0.3 is 0 Å². The first-order valence-corrected chi connectivity index (χ1v) is 6.58. The Morgan fingerprint density at radius 3 is 2.63 bits per heavy atom. The van der Waals surface area contributed by atoms with E-state index in [-0.39, 0.29) is 0 Å². The summed E-state index contributed by atoms with van der Waals surface area (Å²) in [4.78, 5) is 3.04. The van der Waals surface area contributed by atoms with Gasteiger partial charge in [-0.15, -0.1) is 0 Å². The highest BCUT2D eigenvalue weighted by Gasteiger charge is 2.05. The molecule has 1 aromatic heterocycles. The molecule has 2 N–H and O–H groups in total. The van der Waals surface area contributed by atoms with E-state index in [2.05, 4.69) is 10.3 Å². The van der Waals surface area contributed by atoms with E-state index in [1.54, 1.807) is 0 Å². The Bertz CT molecular complexity index is 495. The smallest absolute Gasteiger partial charge is 0.142 e. The molecule has 0 aliphatic rings. The second kappa shape index (κ2) is 6.73. The molecule has 4 nitrogen and oxygen atoms in total. The van der Waals surface area contributed by atoms with Crippen molar-refractivity contribution in [3.8, 4) is 11.5 Å². The van der Waals surface area contributed by atoms with Gasteiger partial charge in [0.25, 0.3) is 0 Å². The number of aromatic amines is 1. The van der Waals surface area contributed by atoms with Crippen LogP contribution in [0.3, 0.4) is 0 Å². The van der Waals surface area contributed by atoms with Gasteiger partial charge in [-0.2, -0.15) is 0 Å². The first kappa shape index (κ1) is 13.3. The molecule has 0 spiro atoms. The van der Waals surface area contributed by atoms with Gasteiger partial charge in [0.15, 0.2) is 0 Å². The summed E-state index contributed by atoms with van der Waals surface area (Å²) in [5.41, 5.74) is 2.15. The molecule has 2 rings (SSSR count). The number of ether oxygens (including phenoxy) is 2. The molecule has 19 heavy (non-hydrogen) atoms. The topological polar surface area (TPSA) is 46.3 Å². The van der Waals surface area contributed by atoms with Crippen LogP contribution in [0.25, 0.3) is 0 Å². The second-order valence-corrected chi connectivity index (χ2v) is 4.10. The summed E-state index contributed by atoms with van der Waals surface area (Å²) in [5.74, 6) is 1.70. The molecule has 0 amide bonds. The van der Waals surface area contributed by atoms with Crippen LogP contribution in [-0.2, 0) is 6.54 Å². The predicted molar refractivity (Wildman–Crippen MR) is 76.9 cm³/mol. The van der Waals surface area contributed by atoms with Crippen LogP contribution in [0.4, 0.5) is 5.69 Å². The van der Waals surface area contributed by atoms with E-state index in [9.17, 15) is 0 Å². The number of hydrogen-bond donors (Lipinski definition) is 2. The van der Waals surface area contributed by atoms with E-state index >= 15 is 0 Å². The first-order valence-electron chi connectivity index (χ1n) is 6.58. The Morgan fingerprint density at radius 2 is 1.95 bits per heavy atom. The lowest BCUT2D eigenvalue weighted by Gasteiger charge is -2.14. The van der Waals surface area contributed by atoms with Crippen molar-refractivity contribution < 1.29 is 9.47 Å². The van der Waals surface area contributed by atoms with Crippen molar-refractivity contribution in [2.24, 2.45) is 0 Å². The zero-order valence-electron chi connectivity index (χ0n) is 11.4. The standard InChI is InChI=1S/C15H20N2O2/c1-3-18-13-5-6-15(19-4-2)14(9-13)17-11-12-7-8-16-10-12/h5-10,16-17H,3-4,11H2,1-2H3. The molecule has 0 saturated heterocycles. The molecule has 1 heterocycles. The largest absolute Gasteiger partial charge is 0.494 e. The molecule has 0 atom stereocenters. The highest BCUT2D eigenvalue weighted by molar-refractivity contribution is 5.60. The van der Waals surface area contributed by atoms with Gasteiger partial charge in [-0.25, -0.2) is 0 Å². The maximum atomic E-state index is 5.61. The van der Waals surface area contributed by atoms with Crippen molar-refractivity contribution >= 4 is 5.69 Å². The highest BCUT2D eigenvalue weighted by Crippen LogP contribution is 2.29. The Labute approximate surface area is 113 Å². The summed E-state index contributed by atoms with van der Waals surface area (Å²) < 4.78 is 11.1. The summed E-state index contributed by atoms with van der Waals surface area (Å²) in [6.45, 7) is 6.01. The van der Waals surface area contributed by atoms with Crippen LogP contribution >= 0.6 is 0 Å². The molecular weight excluding hydrogens is 240 g/mol. The monoisotopic (exact) mass is 260 g/mol. The third-order valence-corrected chi connectivity index (χ3v) is 2.71. The van der Waals surface area contributed by atoms with Crippen LogP contribution in [0.2, 0.25) is 0 Å². The Kier molecular flexibility index (Phi) is 4.72. The van der Waals surface area contributed by atoms with Gasteiger partial charge in [0, 0.05) is 25.0 Å². The van der Waals surface area contributed by atoms with Crippen LogP contribution < -0.4 is 14.8 Å². The quantitative estimate of drug-likeness (QED) is 0.801. The van der Waals surface area contributed by atoms with Crippen LogP contribution in [-0.4, -0.2) is 18.2 Å². The zero-order valence-corrected chi connectivity index (χ0v) is 11.4. The van der Waals surface area contributed by atoms with Crippen molar-refractivity contribution in [2.75, 3.05) is 18.5 Å². The number of nitrogens with one attached hydrogen (secondary N) is 2. The molecule has 0 saturated carbocycles. The number of rotatable bonds is 7. The van der Waals surface area contributed by atoms with Gasteiger partial charge in [0.1, 0.15) is 11.5 Å². The molecule has 0 unspecified atom stereocenters. The normalized spacial score (nSPS) is 10.2. The Balaban J connectivity index is 2.11. The lowest BCUT2D eigenvalue weighted by atomic mass is 10.2. The molecule has 0 aliphatic carbocycles. The summed E-state index contributed by atoms with van der Waals surface area (Å²) in [5, 5.41) is 3.37. The summed E-state index contributed by atoms with van der Waals surface area (Å²) in [7, 11) is 0. The zero-order chi connectivity index (χ0) is 13.5. The third-order valence-electron chi connectivity index (χ3n) is 2.71. The van der Waals surface area contributed by atoms with Crippen molar-refractivity contribution in [1.29, 1.82) is 0 Å². The van der Waals surface area contributed by atoms with Crippen LogP contribution in [0.5, 0.6) is 11.5 Å². The number of hydrogen-bond acceptors (Lipinski definition) is 3. The fraction of sp³-hybridized carbons (Fsp3) is 0.333. The number of benzene rings is 1. The average Bonchev–Trinajstić information content (AvgIpc) is 2.92. The molecule has 0 radical (unpaired) electrons. The van der Waals surface area contributed by atoms with Crippen LogP contribution in [0, 0.1) is 0 Å². The second-order valence-electron chi connectivity index (χ2n) is 4.10. The Morgan fingerprint density at radius 1 is 1.11 bits per heavy atom. The van der Waals surface area contributed by atoms with Gasteiger partial charge in [-0.3, -0.25) is 0 Å². The number of aromatic nitrogens is 1. The summed E-state index contributed by atoms with van der Waals surface area (Å²) in [6, 6.07) is 7.88. The minimum Gasteiger partial charge on any atom is -0.494 e. The maximum Gasteiger partial charge on any atom is 0.142 e. The molecule has 0 fully saturated rings. The molecule has 4 heteroatoms. The fourth-order valence-corrected chi connectivity index (χ4v) is 1.85. The summed E-state index contributed by atoms with van der Waals surface area (Å²) in [6.07, 6.45) is 3.89. The van der Waals surface area contributed by atoms with E-state index in [0.29, 0.717) is 13.2 Å². The molecule has 2 aromatic rings. The lowest BCUT2D eigenvalue weighted by Crippen LogP contribution is -2.03. The van der Waals surface area contributed by atoms with Crippen LogP contribution in [0.1, 0.15) is 19.4 Å². The summed E-state index contributed by atoms with van der Waals surface area (Å²) >= 11 is 0. The number of anilines is 1. The molecule has 0 bridgehead atoms. The minimum absolute atomic E-state index is 0.646. The van der Waals surface area contributed by atoms with Crippen molar-refractivity contribution in [3.05, 3.63) is 42.2 Å². The minimum atomic E-state index is 0.646. The van der Waals surface area contributed by atoms with E-state index in [0.717, 1.165) is 23.7 Å². The van der Waals surface area contributed by atoms with E-state index in [4.69, 9.17) is 9.47 Å². The van der Waals surface area contributed by atoms with E-state index < -0.39 is 0 Å². The lowest BCUT2D eigenvalue weighted by molar-refractivity contribution is 0.332. The van der Waals surface area contributed by atoms with E-state index in [1.807, 2.05) is 50.5 Å². The Hall–Kier alpha value is -2.10. The predicted octanol–water partition coefficient (Wildman–Crippen LogP) is 3.42. The first-order chi connectivity index (χ1) is 9.33. The van der Waals surface area contributed by atoms with Gasteiger partial charge < -0.3 is 19.8 Å². The molecule has 0 aliphatic heterocycles. The fourth-order valence-electron chi connectivity index (χ4n) is 1.85. The van der Waals surface area contributed by atoms with Crippen molar-refractivity contribution in [1.82, 2.24) is 4.98 Å². The SMILES string of the molecule is CCOc1ccc(OCC)c(NCc2cc[nH]c2)c1. The molecular formula is C15H20N2O2. The van der Waals surface area contributed by atoms with Crippen molar-refractivity contribution in [2.45, 2.75) is 20.4 Å². The molecule has 1 aromatic carbocycles. The highest BCUT2D eigenvalue weighted by atomic mass is 16.5. The van der Waals surface area contributed by atoms with Crippen LogP contribution in [0.15, 0.2) is 36.7 Å². The van der Waals surface area contributed by atoms with E-state index in [1.165, 1.54) is 5.56 Å². The van der Waals surface area contributed by atoms with Crippen molar-refractivity contribution in [3.63, 3.8) is 0 Å². The van der Waals surface area contributed by atoms with Gasteiger partial charge in [0.05, 0.1) is 18.9 Å². The third kappa shape index (κ3) is 3.68. The maximum absolute atomic E-state index is 5.61. The van der Waals surface area contributed by atoms with Gasteiger partial charge in [0.2, 0.25) is 0 Å². The van der Waals surface area contributed by atoms with Gasteiger partial charge in [-0.1, -0.05) is 0 Å². The van der Waals surface area contributed by atoms with Gasteiger partial charge in [-0.05, 0) is 37.6 Å². The molecule has 102 valence electrons.